The van der Waals surface area contributed by atoms with Crippen LogP contribution in [0.25, 0.3) is 0 Å². The van der Waals surface area contributed by atoms with Gasteiger partial charge in [-0.15, -0.1) is 0 Å². The van der Waals surface area contributed by atoms with E-state index in [9.17, 15) is 0 Å². The Hall–Kier alpha value is -2.16. The number of fused-ring (bicyclic) bond motifs is 1. The van der Waals surface area contributed by atoms with Crippen LogP contribution in [0.15, 0.2) is 42.6 Å². The number of aromatic nitrogens is 1. The molecule has 0 saturated carbocycles. The second kappa shape index (κ2) is 4.26. The summed E-state index contributed by atoms with van der Waals surface area (Å²) in [7, 11) is 0. The summed E-state index contributed by atoms with van der Waals surface area (Å²) in [5.41, 5.74) is 4.51. The topological polar surface area (TPSA) is 40.0 Å². The predicted molar refractivity (Wildman–Crippen MR) is 71.5 cm³/mol. The van der Waals surface area contributed by atoms with E-state index >= 15 is 0 Å². The highest BCUT2D eigenvalue weighted by Gasteiger charge is 2.23. The fourth-order valence-corrected chi connectivity index (χ4v) is 2.34. The molecule has 1 aromatic carbocycles. The first-order valence-corrected chi connectivity index (χ1v) is 6.08. The van der Waals surface area contributed by atoms with Gasteiger partial charge in [0.25, 0.3) is 0 Å². The summed E-state index contributed by atoms with van der Waals surface area (Å²) >= 11 is 0. The quantitative estimate of drug-likeness (QED) is 0.872. The van der Waals surface area contributed by atoms with Crippen molar-refractivity contribution in [1.82, 2.24) is 9.88 Å². The van der Waals surface area contributed by atoms with Crippen LogP contribution in [0.1, 0.15) is 22.4 Å². The van der Waals surface area contributed by atoms with Gasteiger partial charge in [-0.2, -0.15) is 0 Å². The maximum atomic E-state index is 8.21. The monoisotopic (exact) mass is 237 g/mol. The lowest BCUT2D eigenvalue weighted by molar-refractivity contribution is 0.415. The van der Waals surface area contributed by atoms with Gasteiger partial charge in [0, 0.05) is 18.3 Å². The van der Waals surface area contributed by atoms with Gasteiger partial charge in [0.2, 0.25) is 0 Å². The van der Waals surface area contributed by atoms with Crippen molar-refractivity contribution in [1.29, 1.82) is 5.41 Å². The number of amidine groups is 1. The third kappa shape index (κ3) is 1.78. The molecule has 3 nitrogen and oxygen atoms in total. The van der Waals surface area contributed by atoms with Gasteiger partial charge in [-0.1, -0.05) is 30.3 Å². The Morgan fingerprint density at radius 1 is 1.22 bits per heavy atom. The smallest absolute Gasteiger partial charge is 0.129 e. The summed E-state index contributed by atoms with van der Waals surface area (Å²) in [6.07, 6.45) is 1.81. The Kier molecular flexibility index (Phi) is 2.59. The van der Waals surface area contributed by atoms with Crippen molar-refractivity contribution in [2.24, 2.45) is 0 Å². The Morgan fingerprint density at radius 3 is 2.83 bits per heavy atom. The summed E-state index contributed by atoms with van der Waals surface area (Å²) in [4.78, 5) is 6.47. The Bertz CT molecular complexity index is 604. The van der Waals surface area contributed by atoms with Gasteiger partial charge in [-0.05, 0) is 24.1 Å². The summed E-state index contributed by atoms with van der Waals surface area (Å²) in [5, 5.41) is 8.21. The molecule has 0 radical (unpaired) electrons. The Labute approximate surface area is 107 Å². The minimum absolute atomic E-state index is 0.607. The summed E-state index contributed by atoms with van der Waals surface area (Å²) in [6.45, 7) is 3.58. The largest absolute Gasteiger partial charge is 0.346 e. The summed E-state index contributed by atoms with van der Waals surface area (Å²) < 4.78 is 0. The molecule has 1 aromatic heterocycles. The van der Waals surface area contributed by atoms with Crippen molar-refractivity contribution >= 4 is 5.84 Å². The zero-order valence-corrected chi connectivity index (χ0v) is 10.4. The van der Waals surface area contributed by atoms with Gasteiger partial charge in [-0.3, -0.25) is 10.4 Å². The molecular formula is C15H15N3. The van der Waals surface area contributed by atoms with E-state index in [0.717, 1.165) is 17.8 Å². The van der Waals surface area contributed by atoms with Gasteiger partial charge in [0.05, 0.1) is 12.2 Å². The average molecular weight is 237 g/mol. The number of nitrogens with zero attached hydrogens (tertiary/aromatic N) is 2. The highest BCUT2D eigenvalue weighted by Crippen LogP contribution is 2.24. The van der Waals surface area contributed by atoms with Crippen LogP contribution in [0.2, 0.25) is 0 Å². The Balaban J connectivity index is 1.86. The number of rotatable bonds is 2. The maximum Gasteiger partial charge on any atom is 0.129 e. The normalized spacial score (nSPS) is 13.8. The zero-order valence-electron chi connectivity index (χ0n) is 10.4. The molecule has 0 amide bonds. The third-order valence-electron chi connectivity index (χ3n) is 3.41. The molecule has 2 aromatic rings. The lowest BCUT2D eigenvalue weighted by Gasteiger charge is -2.18. The minimum atomic E-state index is 0.607. The van der Waals surface area contributed by atoms with Gasteiger partial charge in [0.15, 0.2) is 0 Å². The van der Waals surface area contributed by atoms with Crippen LogP contribution < -0.4 is 0 Å². The van der Waals surface area contributed by atoms with E-state index in [1.54, 1.807) is 0 Å². The van der Waals surface area contributed by atoms with E-state index in [2.05, 4.69) is 28.9 Å². The van der Waals surface area contributed by atoms with E-state index in [1.165, 1.54) is 11.1 Å². The molecule has 90 valence electrons. The van der Waals surface area contributed by atoms with Crippen LogP contribution in [0.5, 0.6) is 0 Å². The highest BCUT2D eigenvalue weighted by molar-refractivity contribution is 6.00. The molecule has 0 unspecified atom stereocenters. The van der Waals surface area contributed by atoms with Crippen molar-refractivity contribution in [2.75, 3.05) is 0 Å². The highest BCUT2D eigenvalue weighted by atomic mass is 15.2. The summed E-state index contributed by atoms with van der Waals surface area (Å²) in [6, 6.07) is 12.1. The van der Waals surface area contributed by atoms with Gasteiger partial charge >= 0.3 is 0 Å². The fourth-order valence-electron chi connectivity index (χ4n) is 2.34. The molecule has 3 rings (SSSR count). The number of nitrogens with one attached hydrogen (secondary N) is 1. The average Bonchev–Trinajstić information content (AvgIpc) is 2.70. The van der Waals surface area contributed by atoms with Crippen molar-refractivity contribution in [2.45, 2.75) is 20.0 Å². The number of benzene rings is 1. The first-order valence-electron chi connectivity index (χ1n) is 6.08. The van der Waals surface area contributed by atoms with E-state index < -0.39 is 0 Å². The lowest BCUT2D eigenvalue weighted by Crippen LogP contribution is -2.24. The van der Waals surface area contributed by atoms with E-state index in [4.69, 9.17) is 5.41 Å². The van der Waals surface area contributed by atoms with E-state index in [1.807, 2.05) is 30.5 Å². The van der Waals surface area contributed by atoms with Crippen LogP contribution >= 0.6 is 0 Å². The molecule has 18 heavy (non-hydrogen) atoms. The molecule has 1 aliphatic heterocycles. The maximum absolute atomic E-state index is 8.21. The van der Waals surface area contributed by atoms with Gasteiger partial charge in [0.1, 0.15) is 5.84 Å². The van der Waals surface area contributed by atoms with Crippen molar-refractivity contribution in [3.8, 4) is 0 Å². The first-order chi connectivity index (χ1) is 8.75. The number of hydrogen-bond donors (Lipinski definition) is 1. The molecule has 0 spiro atoms. The lowest BCUT2D eigenvalue weighted by atomic mass is 10.1. The second-order valence-corrected chi connectivity index (χ2v) is 4.63. The van der Waals surface area contributed by atoms with Crippen molar-refractivity contribution < 1.29 is 0 Å². The molecule has 0 bridgehead atoms. The second-order valence-electron chi connectivity index (χ2n) is 4.63. The van der Waals surface area contributed by atoms with E-state index in [-0.39, 0.29) is 0 Å². The van der Waals surface area contributed by atoms with Crippen molar-refractivity contribution in [3.63, 3.8) is 0 Å². The SMILES string of the molecule is Cc1cccnc1CN1Cc2ccccc2C1=N. The number of aryl methyl sites for hydroxylation is 1. The zero-order chi connectivity index (χ0) is 12.5. The molecule has 1 aliphatic rings. The van der Waals surface area contributed by atoms with E-state index in [0.29, 0.717) is 12.4 Å². The van der Waals surface area contributed by atoms with Crippen molar-refractivity contribution in [3.05, 3.63) is 65.0 Å². The molecule has 1 N–H and O–H groups in total. The molecule has 2 heterocycles. The van der Waals surface area contributed by atoms with Gasteiger partial charge in [-0.25, -0.2) is 0 Å². The number of hydrogen-bond acceptors (Lipinski definition) is 2. The standard InChI is InChI=1S/C15H15N3/c1-11-5-4-8-17-14(11)10-18-9-12-6-2-3-7-13(12)15(18)16/h2-8,16H,9-10H2,1H3. The Morgan fingerprint density at radius 2 is 2.06 bits per heavy atom. The van der Waals surface area contributed by atoms with Crippen LogP contribution in [-0.2, 0) is 13.1 Å². The molecular weight excluding hydrogens is 222 g/mol. The molecule has 0 atom stereocenters. The van der Waals surface area contributed by atoms with Crippen LogP contribution in [0.4, 0.5) is 0 Å². The molecule has 3 heteroatoms. The predicted octanol–water partition coefficient (Wildman–Crippen LogP) is 2.73. The molecule has 0 saturated heterocycles. The first kappa shape index (κ1) is 11.0. The van der Waals surface area contributed by atoms with Crippen LogP contribution in [0.3, 0.4) is 0 Å². The number of pyridine rings is 1. The van der Waals surface area contributed by atoms with Crippen LogP contribution in [0, 0.1) is 12.3 Å². The van der Waals surface area contributed by atoms with Crippen LogP contribution in [-0.4, -0.2) is 15.7 Å². The summed E-state index contributed by atoms with van der Waals surface area (Å²) in [5.74, 6) is 0.607. The fraction of sp³-hybridized carbons (Fsp3) is 0.200. The molecule has 0 fully saturated rings. The third-order valence-corrected chi connectivity index (χ3v) is 3.41. The van der Waals surface area contributed by atoms with Gasteiger partial charge < -0.3 is 4.90 Å². The molecule has 0 aliphatic carbocycles. The minimum Gasteiger partial charge on any atom is -0.346 e.